The molecule has 0 spiro atoms. The van der Waals surface area contributed by atoms with Crippen LogP contribution < -0.4 is 5.73 Å². The summed E-state index contributed by atoms with van der Waals surface area (Å²) >= 11 is 0. The molecule has 0 aliphatic heterocycles. The van der Waals surface area contributed by atoms with Gasteiger partial charge in [-0.15, -0.1) is 0 Å². The van der Waals surface area contributed by atoms with Crippen LogP contribution in [0.5, 0.6) is 0 Å². The first kappa shape index (κ1) is 9.41. The van der Waals surface area contributed by atoms with E-state index in [0.29, 0.717) is 13.0 Å². The van der Waals surface area contributed by atoms with Crippen LogP contribution in [0.15, 0.2) is 0 Å². The van der Waals surface area contributed by atoms with Crippen LogP contribution in [0.1, 0.15) is 20.3 Å². The highest BCUT2D eigenvalue weighted by atomic mass is 16.5. The molecule has 58 valence electrons. The standard InChI is InChI=1S/C7H14N2O/c1-6(2)10-5-7(9)3-4-8/h6-7H,3,5,9H2,1-2H3/t7-/m0/s1. The first-order chi connectivity index (χ1) is 4.66. The van der Waals surface area contributed by atoms with Crippen molar-refractivity contribution in [2.45, 2.75) is 32.4 Å². The lowest BCUT2D eigenvalue weighted by atomic mass is 10.2. The zero-order valence-corrected chi connectivity index (χ0v) is 6.50. The maximum atomic E-state index is 8.22. The van der Waals surface area contributed by atoms with Crippen LogP contribution in [0.3, 0.4) is 0 Å². The van der Waals surface area contributed by atoms with Crippen molar-refractivity contribution in [3.63, 3.8) is 0 Å². The van der Waals surface area contributed by atoms with Gasteiger partial charge in [0.1, 0.15) is 0 Å². The minimum Gasteiger partial charge on any atom is -0.377 e. The molecule has 1 atom stereocenters. The third-order valence-corrected chi connectivity index (χ3v) is 0.997. The summed E-state index contributed by atoms with van der Waals surface area (Å²) in [5, 5.41) is 8.22. The summed E-state index contributed by atoms with van der Waals surface area (Å²) in [6.45, 7) is 4.36. The summed E-state index contributed by atoms with van der Waals surface area (Å²) in [4.78, 5) is 0. The number of hydrogen-bond donors (Lipinski definition) is 1. The van der Waals surface area contributed by atoms with Gasteiger partial charge in [0.25, 0.3) is 0 Å². The zero-order chi connectivity index (χ0) is 7.98. The van der Waals surface area contributed by atoms with Crippen molar-refractivity contribution in [1.82, 2.24) is 0 Å². The molecule has 0 fully saturated rings. The summed E-state index contributed by atoms with van der Waals surface area (Å²) in [6.07, 6.45) is 0.567. The molecule has 0 aliphatic rings. The van der Waals surface area contributed by atoms with Crippen molar-refractivity contribution in [3.05, 3.63) is 0 Å². The lowest BCUT2D eigenvalue weighted by molar-refractivity contribution is 0.0691. The van der Waals surface area contributed by atoms with E-state index in [1.807, 2.05) is 19.9 Å². The monoisotopic (exact) mass is 142 g/mol. The van der Waals surface area contributed by atoms with E-state index in [2.05, 4.69) is 0 Å². The van der Waals surface area contributed by atoms with Gasteiger partial charge < -0.3 is 10.5 Å². The Labute approximate surface area is 61.8 Å². The van der Waals surface area contributed by atoms with Gasteiger partial charge in [-0.3, -0.25) is 0 Å². The second-order valence-corrected chi connectivity index (χ2v) is 2.50. The topological polar surface area (TPSA) is 59.0 Å². The van der Waals surface area contributed by atoms with E-state index >= 15 is 0 Å². The summed E-state index contributed by atoms with van der Waals surface area (Å²) in [6, 6.07) is 1.85. The van der Waals surface area contributed by atoms with Crippen LogP contribution in [-0.4, -0.2) is 18.8 Å². The molecule has 10 heavy (non-hydrogen) atoms. The molecule has 0 bridgehead atoms. The summed E-state index contributed by atoms with van der Waals surface area (Å²) in [7, 11) is 0. The molecular formula is C7H14N2O. The molecule has 3 nitrogen and oxygen atoms in total. The highest BCUT2D eigenvalue weighted by Gasteiger charge is 2.01. The maximum absolute atomic E-state index is 8.22. The molecular weight excluding hydrogens is 128 g/mol. The summed E-state index contributed by atoms with van der Waals surface area (Å²) < 4.78 is 5.18. The number of nitrogens with two attached hydrogens (primary N) is 1. The Morgan fingerprint density at radius 3 is 2.60 bits per heavy atom. The lowest BCUT2D eigenvalue weighted by Gasteiger charge is -2.10. The van der Waals surface area contributed by atoms with Gasteiger partial charge in [-0.05, 0) is 13.8 Å². The number of ether oxygens (including phenoxy) is 1. The average Bonchev–Trinajstić information content (AvgIpc) is 1.85. The van der Waals surface area contributed by atoms with Crippen LogP contribution in [0.4, 0.5) is 0 Å². The Kier molecular flexibility index (Phi) is 4.91. The Hall–Kier alpha value is -0.590. The average molecular weight is 142 g/mol. The quantitative estimate of drug-likeness (QED) is 0.627. The molecule has 3 heteroatoms. The predicted molar refractivity (Wildman–Crippen MR) is 39.3 cm³/mol. The van der Waals surface area contributed by atoms with Gasteiger partial charge in [-0.2, -0.15) is 5.26 Å². The molecule has 2 N–H and O–H groups in total. The predicted octanol–water partition coefficient (Wildman–Crippen LogP) is 0.652. The highest BCUT2D eigenvalue weighted by Crippen LogP contribution is 1.92. The Bertz CT molecular complexity index is 117. The molecule has 0 rings (SSSR count). The van der Waals surface area contributed by atoms with E-state index in [9.17, 15) is 0 Å². The van der Waals surface area contributed by atoms with Gasteiger partial charge >= 0.3 is 0 Å². The summed E-state index contributed by atoms with van der Waals surface area (Å²) in [5.74, 6) is 0. The number of hydrogen-bond acceptors (Lipinski definition) is 3. The van der Waals surface area contributed by atoms with E-state index in [-0.39, 0.29) is 12.1 Å². The van der Waals surface area contributed by atoms with Crippen molar-refractivity contribution < 1.29 is 4.74 Å². The third-order valence-electron chi connectivity index (χ3n) is 0.997. The summed E-state index contributed by atoms with van der Waals surface area (Å²) in [5.41, 5.74) is 5.48. The van der Waals surface area contributed by atoms with Gasteiger partial charge in [0.15, 0.2) is 0 Å². The van der Waals surface area contributed by atoms with Crippen LogP contribution in [0.2, 0.25) is 0 Å². The number of nitriles is 1. The highest BCUT2D eigenvalue weighted by molar-refractivity contribution is 4.77. The SMILES string of the molecule is CC(C)OC[C@@H](N)CC#N. The zero-order valence-electron chi connectivity index (χ0n) is 6.50. The van der Waals surface area contributed by atoms with Crippen molar-refractivity contribution in [3.8, 4) is 6.07 Å². The Morgan fingerprint density at radius 2 is 2.20 bits per heavy atom. The lowest BCUT2D eigenvalue weighted by Crippen LogP contribution is -2.27. The number of nitrogens with zero attached hydrogens (tertiary/aromatic N) is 1. The Balaban J connectivity index is 3.23. The van der Waals surface area contributed by atoms with Gasteiger partial charge in [-0.1, -0.05) is 0 Å². The molecule has 0 aromatic rings. The Morgan fingerprint density at radius 1 is 1.60 bits per heavy atom. The van der Waals surface area contributed by atoms with Gasteiger partial charge in [0.05, 0.1) is 25.2 Å². The molecule has 0 amide bonds. The second kappa shape index (κ2) is 5.21. The van der Waals surface area contributed by atoms with Gasteiger partial charge in [-0.25, -0.2) is 0 Å². The van der Waals surface area contributed by atoms with E-state index in [1.165, 1.54) is 0 Å². The first-order valence-electron chi connectivity index (χ1n) is 3.41. The smallest absolute Gasteiger partial charge is 0.0638 e. The second-order valence-electron chi connectivity index (χ2n) is 2.50. The first-order valence-corrected chi connectivity index (χ1v) is 3.41. The molecule has 0 saturated heterocycles. The van der Waals surface area contributed by atoms with Crippen LogP contribution in [0.25, 0.3) is 0 Å². The largest absolute Gasteiger partial charge is 0.377 e. The molecule has 0 aromatic carbocycles. The van der Waals surface area contributed by atoms with Gasteiger partial charge in [0, 0.05) is 6.04 Å². The minimum atomic E-state index is -0.132. The molecule has 0 radical (unpaired) electrons. The fourth-order valence-corrected chi connectivity index (χ4v) is 0.492. The minimum absolute atomic E-state index is 0.132. The van der Waals surface area contributed by atoms with Gasteiger partial charge in [0.2, 0.25) is 0 Å². The number of rotatable bonds is 4. The van der Waals surface area contributed by atoms with E-state index in [1.54, 1.807) is 0 Å². The molecule has 0 heterocycles. The van der Waals surface area contributed by atoms with Crippen molar-refractivity contribution in [2.24, 2.45) is 5.73 Å². The third kappa shape index (κ3) is 5.54. The van der Waals surface area contributed by atoms with Crippen LogP contribution >= 0.6 is 0 Å². The molecule has 0 saturated carbocycles. The van der Waals surface area contributed by atoms with E-state index in [0.717, 1.165) is 0 Å². The molecule has 0 aromatic heterocycles. The fourth-order valence-electron chi connectivity index (χ4n) is 0.492. The maximum Gasteiger partial charge on any atom is 0.0638 e. The van der Waals surface area contributed by atoms with Crippen LogP contribution in [0, 0.1) is 11.3 Å². The molecule has 0 unspecified atom stereocenters. The van der Waals surface area contributed by atoms with Crippen LogP contribution in [-0.2, 0) is 4.74 Å². The van der Waals surface area contributed by atoms with E-state index in [4.69, 9.17) is 15.7 Å². The van der Waals surface area contributed by atoms with Crippen molar-refractivity contribution >= 4 is 0 Å². The molecule has 0 aliphatic carbocycles. The van der Waals surface area contributed by atoms with Crippen molar-refractivity contribution in [1.29, 1.82) is 5.26 Å². The normalized spacial score (nSPS) is 13.1. The van der Waals surface area contributed by atoms with E-state index < -0.39 is 0 Å². The fraction of sp³-hybridized carbons (Fsp3) is 0.857. The van der Waals surface area contributed by atoms with Crippen molar-refractivity contribution in [2.75, 3.05) is 6.61 Å².